The van der Waals surface area contributed by atoms with Gasteiger partial charge >= 0.3 is 0 Å². The van der Waals surface area contributed by atoms with E-state index in [9.17, 15) is 9.59 Å². The molecule has 1 amide bonds. The Morgan fingerprint density at radius 2 is 1.96 bits per heavy atom. The first-order chi connectivity index (χ1) is 13.2. The van der Waals surface area contributed by atoms with Crippen LogP contribution in [0.1, 0.15) is 44.9 Å². The maximum absolute atomic E-state index is 12.9. The van der Waals surface area contributed by atoms with Crippen molar-refractivity contribution in [2.24, 2.45) is 11.8 Å². The number of hydrogen-bond acceptors (Lipinski definition) is 4. The van der Waals surface area contributed by atoms with E-state index in [2.05, 4.69) is 10.00 Å². The van der Waals surface area contributed by atoms with Gasteiger partial charge in [-0.05, 0) is 49.1 Å². The molecule has 5 nitrogen and oxygen atoms in total. The highest BCUT2D eigenvalue weighted by Crippen LogP contribution is 2.28. The van der Waals surface area contributed by atoms with Gasteiger partial charge in [0, 0.05) is 31.6 Å². The Kier molecular flexibility index (Phi) is 5.72. The molecule has 0 spiro atoms. The van der Waals surface area contributed by atoms with E-state index in [1.165, 1.54) is 19.3 Å². The van der Waals surface area contributed by atoms with Crippen LogP contribution < -0.4 is 5.56 Å². The molecule has 1 saturated heterocycles. The molecule has 144 valence electrons. The number of nitrogens with zero attached hydrogens (tertiary/aromatic N) is 3. The summed E-state index contributed by atoms with van der Waals surface area (Å²) in [6.07, 6.45) is 7.79. The lowest BCUT2D eigenvalue weighted by molar-refractivity contribution is -0.138. The maximum atomic E-state index is 12.9. The fourth-order valence-electron chi connectivity index (χ4n) is 4.40. The van der Waals surface area contributed by atoms with Crippen molar-refractivity contribution >= 4 is 17.2 Å². The first kappa shape index (κ1) is 18.4. The van der Waals surface area contributed by atoms with E-state index in [1.807, 2.05) is 17.5 Å². The fourth-order valence-corrected chi connectivity index (χ4v) is 5.09. The average molecular weight is 386 g/mol. The third-order valence-corrected chi connectivity index (χ3v) is 6.75. The summed E-state index contributed by atoms with van der Waals surface area (Å²) in [5.74, 6) is 0.864. The second-order valence-electron chi connectivity index (χ2n) is 7.84. The summed E-state index contributed by atoms with van der Waals surface area (Å²) in [5.41, 5.74) is 0.779. The van der Waals surface area contributed by atoms with E-state index in [1.54, 1.807) is 28.2 Å². The first-order valence-electron chi connectivity index (χ1n) is 10.1. The topological polar surface area (TPSA) is 55.2 Å². The van der Waals surface area contributed by atoms with Crippen LogP contribution in [0.2, 0.25) is 0 Å². The zero-order chi connectivity index (χ0) is 18.6. The molecular formula is C21H27N3O2S. The minimum absolute atomic E-state index is 0.0639. The zero-order valence-electron chi connectivity index (χ0n) is 15.7. The second kappa shape index (κ2) is 8.38. The third kappa shape index (κ3) is 4.32. The largest absolute Gasteiger partial charge is 0.342 e. The van der Waals surface area contributed by atoms with E-state index in [-0.39, 0.29) is 11.5 Å². The Morgan fingerprint density at radius 1 is 1.11 bits per heavy atom. The molecule has 0 N–H and O–H groups in total. The molecule has 2 aliphatic rings. The summed E-state index contributed by atoms with van der Waals surface area (Å²) in [5, 5.41) is 6.60. The van der Waals surface area contributed by atoms with Crippen molar-refractivity contribution in [1.82, 2.24) is 14.7 Å². The Morgan fingerprint density at radius 3 is 2.74 bits per heavy atom. The molecule has 0 bridgehead atoms. The molecule has 2 fully saturated rings. The number of likely N-dealkylation sites (tertiary alicyclic amines) is 1. The lowest BCUT2D eigenvalue weighted by Gasteiger charge is -2.36. The summed E-state index contributed by atoms with van der Waals surface area (Å²) >= 11 is 1.63. The molecule has 1 atom stereocenters. The van der Waals surface area contributed by atoms with Crippen LogP contribution in [-0.4, -0.2) is 33.7 Å². The molecule has 1 saturated carbocycles. The Hall–Kier alpha value is -1.95. The first-order valence-corrected chi connectivity index (χ1v) is 11.0. The molecule has 27 heavy (non-hydrogen) atoms. The molecule has 0 radical (unpaired) electrons. The summed E-state index contributed by atoms with van der Waals surface area (Å²) in [4.78, 5) is 28.3. The monoisotopic (exact) mass is 385 g/mol. The van der Waals surface area contributed by atoms with Gasteiger partial charge in [0.1, 0.15) is 5.69 Å². The van der Waals surface area contributed by atoms with E-state index in [0.717, 1.165) is 49.3 Å². The van der Waals surface area contributed by atoms with Crippen LogP contribution in [0.25, 0.3) is 10.6 Å². The van der Waals surface area contributed by atoms with Gasteiger partial charge in [0.2, 0.25) is 5.91 Å². The SMILES string of the molecule is O=C(C1CCCCC1)N1CCC[C@@H](Cn2nc(-c3cccs3)ccc2=O)C1. The van der Waals surface area contributed by atoms with Gasteiger partial charge in [-0.25, -0.2) is 4.68 Å². The van der Waals surface area contributed by atoms with Crippen LogP contribution >= 0.6 is 11.3 Å². The number of piperidine rings is 1. The molecule has 1 aliphatic heterocycles. The lowest BCUT2D eigenvalue weighted by atomic mass is 9.87. The Labute approximate surface area is 164 Å². The molecule has 1 aliphatic carbocycles. The number of aromatic nitrogens is 2. The fraction of sp³-hybridized carbons (Fsp3) is 0.571. The molecule has 4 rings (SSSR count). The highest BCUT2D eigenvalue weighted by molar-refractivity contribution is 7.13. The summed E-state index contributed by atoms with van der Waals surface area (Å²) in [7, 11) is 0. The lowest BCUT2D eigenvalue weighted by Crippen LogP contribution is -2.45. The van der Waals surface area contributed by atoms with Crippen molar-refractivity contribution in [3.8, 4) is 10.6 Å². The van der Waals surface area contributed by atoms with Gasteiger partial charge in [-0.3, -0.25) is 9.59 Å². The predicted octanol–water partition coefficient (Wildman–Crippen LogP) is 3.79. The van der Waals surface area contributed by atoms with Crippen LogP contribution in [0.15, 0.2) is 34.4 Å². The molecule has 2 aromatic rings. The van der Waals surface area contributed by atoms with Gasteiger partial charge < -0.3 is 4.90 Å². The van der Waals surface area contributed by atoms with Gasteiger partial charge in [0.25, 0.3) is 5.56 Å². The Bertz CT molecular complexity index is 824. The van der Waals surface area contributed by atoms with Crippen LogP contribution in [0.4, 0.5) is 0 Å². The minimum Gasteiger partial charge on any atom is -0.342 e. The maximum Gasteiger partial charge on any atom is 0.266 e. The average Bonchev–Trinajstić information content (AvgIpc) is 3.25. The number of carbonyl (C=O) groups excluding carboxylic acids is 1. The quantitative estimate of drug-likeness (QED) is 0.805. The van der Waals surface area contributed by atoms with Crippen molar-refractivity contribution < 1.29 is 4.79 Å². The zero-order valence-corrected chi connectivity index (χ0v) is 16.5. The van der Waals surface area contributed by atoms with Crippen molar-refractivity contribution in [1.29, 1.82) is 0 Å². The van der Waals surface area contributed by atoms with E-state index >= 15 is 0 Å². The van der Waals surface area contributed by atoms with Gasteiger partial charge in [0.15, 0.2) is 0 Å². The molecule has 2 aromatic heterocycles. The Balaban J connectivity index is 1.44. The predicted molar refractivity (Wildman–Crippen MR) is 108 cm³/mol. The minimum atomic E-state index is -0.0639. The number of thiophene rings is 1. The van der Waals surface area contributed by atoms with Crippen LogP contribution in [-0.2, 0) is 11.3 Å². The number of rotatable bonds is 4. The van der Waals surface area contributed by atoms with Crippen molar-refractivity contribution in [3.05, 3.63) is 40.0 Å². The van der Waals surface area contributed by atoms with Gasteiger partial charge in [-0.1, -0.05) is 25.3 Å². The van der Waals surface area contributed by atoms with E-state index < -0.39 is 0 Å². The summed E-state index contributed by atoms with van der Waals surface area (Å²) in [6, 6.07) is 7.42. The number of amides is 1. The van der Waals surface area contributed by atoms with Crippen LogP contribution in [0.3, 0.4) is 0 Å². The van der Waals surface area contributed by atoms with E-state index in [4.69, 9.17) is 0 Å². The highest BCUT2D eigenvalue weighted by atomic mass is 32.1. The molecule has 0 aromatic carbocycles. The number of hydrogen-bond donors (Lipinski definition) is 0. The van der Waals surface area contributed by atoms with Crippen molar-refractivity contribution in [3.63, 3.8) is 0 Å². The second-order valence-corrected chi connectivity index (χ2v) is 8.79. The van der Waals surface area contributed by atoms with Crippen LogP contribution in [0.5, 0.6) is 0 Å². The summed E-state index contributed by atoms with van der Waals surface area (Å²) in [6.45, 7) is 2.21. The normalized spacial score (nSPS) is 21.3. The van der Waals surface area contributed by atoms with E-state index in [0.29, 0.717) is 18.4 Å². The van der Waals surface area contributed by atoms with Gasteiger partial charge in [-0.2, -0.15) is 5.10 Å². The van der Waals surface area contributed by atoms with Crippen molar-refractivity contribution in [2.75, 3.05) is 13.1 Å². The molecular weight excluding hydrogens is 358 g/mol. The standard InChI is InChI=1S/C21H27N3O2S/c25-20-11-10-18(19-9-5-13-27-19)22-24(20)15-16-6-4-12-23(14-16)21(26)17-7-2-1-3-8-17/h5,9-11,13,16-17H,1-4,6-8,12,14-15H2/t16-/m1/s1. The third-order valence-electron chi connectivity index (χ3n) is 5.86. The molecule has 0 unspecified atom stereocenters. The smallest absolute Gasteiger partial charge is 0.266 e. The molecule has 3 heterocycles. The number of carbonyl (C=O) groups is 1. The molecule has 6 heteroatoms. The van der Waals surface area contributed by atoms with Crippen LogP contribution in [0, 0.1) is 11.8 Å². The summed E-state index contributed by atoms with van der Waals surface area (Å²) < 4.78 is 1.59. The van der Waals surface area contributed by atoms with Crippen molar-refractivity contribution in [2.45, 2.75) is 51.5 Å². The van der Waals surface area contributed by atoms with Gasteiger partial charge in [-0.15, -0.1) is 11.3 Å². The van der Waals surface area contributed by atoms with Gasteiger partial charge in [0.05, 0.1) is 4.88 Å². The highest BCUT2D eigenvalue weighted by Gasteiger charge is 2.30.